The molecule has 4 heteroatoms. The predicted molar refractivity (Wildman–Crippen MR) is 58.5 cm³/mol. The van der Waals surface area contributed by atoms with Gasteiger partial charge in [-0.25, -0.2) is 4.98 Å². The molecule has 0 spiro atoms. The van der Waals surface area contributed by atoms with Crippen molar-refractivity contribution in [3.05, 3.63) is 18.2 Å². The molecule has 2 heterocycles. The van der Waals surface area contributed by atoms with Gasteiger partial charge >= 0.3 is 0 Å². The lowest BCUT2D eigenvalue weighted by atomic mass is 9.91. The van der Waals surface area contributed by atoms with Gasteiger partial charge in [-0.05, 0) is 26.7 Å². The molecule has 0 aromatic carbocycles. The van der Waals surface area contributed by atoms with Crippen molar-refractivity contribution in [2.75, 3.05) is 13.2 Å². The minimum Gasteiger partial charge on any atom is -0.381 e. The van der Waals surface area contributed by atoms with E-state index in [1.807, 2.05) is 19.4 Å². The zero-order valence-electron chi connectivity index (χ0n) is 9.44. The molecule has 1 aromatic heterocycles. The van der Waals surface area contributed by atoms with Crippen LogP contribution in [0.3, 0.4) is 0 Å². The highest BCUT2D eigenvalue weighted by molar-refractivity contribution is 5.08. The maximum atomic E-state index is 5.93. The summed E-state index contributed by atoms with van der Waals surface area (Å²) in [7, 11) is 0. The van der Waals surface area contributed by atoms with Crippen LogP contribution in [0.15, 0.2) is 12.5 Å². The van der Waals surface area contributed by atoms with E-state index in [0.717, 1.165) is 31.7 Å². The summed E-state index contributed by atoms with van der Waals surface area (Å²) >= 11 is 0. The van der Waals surface area contributed by atoms with Crippen molar-refractivity contribution in [1.29, 1.82) is 0 Å². The highest BCUT2D eigenvalue weighted by Gasteiger charge is 2.31. The summed E-state index contributed by atoms with van der Waals surface area (Å²) in [5, 5.41) is 0. The lowest BCUT2D eigenvalue weighted by molar-refractivity contribution is 0.0280. The third-order valence-corrected chi connectivity index (χ3v) is 3.29. The van der Waals surface area contributed by atoms with Gasteiger partial charge in [0.2, 0.25) is 0 Å². The van der Waals surface area contributed by atoms with Crippen LogP contribution in [0.25, 0.3) is 0 Å². The SMILES string of the molecule is CC(N)c1cncn1C1(C)CCOCC1. The molecule has 0 bridgehead atoms. The molecule has 2 N–H and O–H groups in total. The van der Waals surface area contributed by atoms with E-state index in [1.165, 1.54) is 0 Å². The van der Waals surface area contributed by atoms with E-state index in [2.05, 4.69) is 16.5 Å². The van der Waals surface area contributed by atoms with Gasteiger partial charge in [-0.1, -0.05) is 0 Å². The van der Waals surface area contributed by atoms with E-state index in [-0.39, 0.29) is 11.6 Å². The molecule has 15 heavy (non-hydrogen) atoms. The van der Waals surface area contributed by atoms with E-state index < -0.39 is 0 Å². The Morgan fingerprint density at radius 3 is 2.80 bits per heavy atom. The minimum absolute atomic E-state index is 0.0344. The molecule has 1 aliphatic rings. The average Bonchev–Trinajstić information content (AvgIpc) is 2.67. The van der Waals surface area contributed by atoms with Crippen molar-refractivity contribution in [1.82, 2.24) is 9.55 Å². The number of imidazole rings is 1. The van der Waals surface area contributed by atoms with Gasteiger partial charge in [0.25, 0.3) is 0 Å². The predicted octanol–water partition coefficient (Wildman–Crippen LogP) is 1.43. The second-order valence-corrected chi connectivity index (χ2v) is 4.59. The average molecular weight is 209 g/mol. The number of nitrogens with two attached hydrogens (primary N) is 1. The lowest BCUT2D eigenvalue weighted by Gasteiger charge is -2.36. The fourth-order valence-electron chi connectivity index (χ4n) is 2.15. The molecule has 0 saturated carbocycles. The van der Waals surface area contributed by atoms with Gasteiger partial charge < -0.3 is 15.0 Å². The zero-order valence-corrected chi connectivity index (χ0v) is 9.44. The van der Waals surface area contributed by atoms with Crippen molar-refractivity contribution >= 4 is 0 Å². The zero-order chi connectivity index (χ0) is 10.9. The second-order valence-electron chi connectivity index (χ2n) is 4.59. The van der Waals surface area contributed by atoms with Gasteiger partial charge in [0.15, 0.2) is 0 Å². The first-order chi connectivity index (χ1) is 7.13. The maximum Gasteiger partial charge on any atom is 0.0953 e. The molecule has 1 fully saturated rings. The highest BCUT2D eigenvalue weighted by Crippen LogP contribution is 2.30. The Bertz CT molecular complexity index is 326. The van der Waals surface area contributed by atoms with Crippen molar-refractivity contribution in [3.63, 3.8) is 0 Å². The molecule has 4 nitrogen and oxygen atoms in total. The van der Waals surface area contributed by atoms with E-state index in [9.17, 15) is 0 Å². The number of hydrogen-bond donors (Lipinski definition) is 1. The van der Waals surface area contributed by atoms with Crippen LogP contribution < -0.4 is 5.73 Å². The third kappa shape index (κ3) is 1.92. The van der Waals surface area contributed by atoms with Crippen molar-refractivity contribution < 1.29 is 4.74 Å². The van der Waals surface area contributed by atoms with Gasteiger partial charge in [0.05, 0.1) is 12.0 Å². The largest absolute Gasteiger partial charge is 0.381 e. The van der Waals surface area contributed by atoms with E-state index in [4.69, 9.17) is 10.5 Å². The van der Waals surface area contributed by atoms with Gasteiger partial charge in [-0.2, -0.15) is 0 Å². The first-order valence-electron chi connectivity index (χ1n) is 5.49. The summed E-state index contributed by atoms with van der Waals surface area (Å²) in [6.45, 7) is 5.90. The van der Waals surface area contributed by atoms with Gasteiger partial charge in [0.1, 0.15) is 0 Å². The summed E-state index contributed by atoms with van der Waals surface area (Å²) in [6.07, 6.45) is 5.82. The molecule has 1 saturated heterocycles. The first-order valence-corrected chi connectivity index (χ1v) is 5.49. The van der Waals surface area contributed by atoms with Crippen LogP contribution in [0.4, 0.5) is 0 Å². The van der Waals surface area contributed by atoms with Crippen molar-refractivity contribution in [3.8, 4) is 0 Å². The lowest BCUT2D eigenvalue weighted by Crippen LogP contribution is -2.38. The van der Waals surface area contributed by atoms with Crippen LogP contribution in [0, 0.1) is 0 Å². The van der Waals surface area contributed by atoms with E-state index >= 15 is 0 Å². The smallest absolute Gasteiger partial charge is 0.0953 e. The van der Waals surface area contributed by atoms with Gasteiger partial charge in [-0.15, -0.1) is 0 Å². The molecule has 84 valence electrons. The third-order valence-electron chi connectivity index (χ3n) is 3.29. The van der Waals surface area contributed by atoms with Crippen LogP contribution in [0.5, 0.6) is 0 Å². The van der Waals surface area contributed by atoms with E-state index in [0.29, 0.717) is 0 Å². The monoisotopic (exact) mass is 209 g/mol. The van der Waals surface area contributed by atoms with Gasteiger partial charge in [-0.3, -0.25) is 0 Å². The molecule has 1 unspecified atom stereocenters. The Morgan fingerprint density at radius 2 is 2.20 bits per heavy atom. The van der Waals surface area contributed by atoms with Crippen molar-refractivity contribution in [2.24, 2.45) is 5.73 Å². The fourth-order valence-corrected chi connectivity index (χ4v) is 2.15. The minimum atomic E-state index is 0.0344. The number of hydrogen-bond acceptors (Lipinski definition) is 3. The topological polar surface area (TPSA) is 53.1 Å². The molecule has 0 amide bonds. The highest BCUT2D eigenvalue weighted by atomic mass is 16.5. The Balaban J connectivity index is 2.30. The maximum absolute atomic E-state index is 5.93. The fraction of sp³-hybridized carbons (Fsp3) is 0.727. The summed E-state index contributed by atoms with van der Waals surface area (Å²) in [5.41, 5.74) is 7.17. The molecule has 0 radical (unpaired) electrons. The second kappa shape index (κ2) is 3.94. The Labute approximate surface area is 90.4 Å². The molecule has 0 aliphatic carbocycles. The van der Waals surface area contributed by atoms with Gasteiger partial charge in [0, 0.05) is 31.0 Å². The number of ether oxygens (including phenoxy) is 1. The van der Waals surface area contributed by atoms with E-state index in [1.54, 1.807) is 0 Å². The van der Waals surface area contributed by atoms with Crippen LogP contribution >= 0.6 is 0 Å². The normalized spacial score (nSPS) is 22.6. The quantitative estimate of drug-likeness (QED) is 0.801. The summed E-state index contributed by atoms with van der Waals surface area (Å²) < 4.78 is 7.62. The summed E-state index contributed by atoms with van der Waals surface area (Å²) in [5.74, 6) is 0. The molecule has 1 aliphatic heterocycles. The molecule has 2 rings (SSSR count). The van der Waals surface area contributed by atoms with Crippen molar-refractivity contribution in [2.45, 2.75) is 38.3 Å². The number of aromatic nitrogens is 2. The number of nitrogens with zero attached hydrogens (tertiary/aromatic N) is 2. The first kappa shape index (κ1) is 10.6. The summed E-state index contributed by atoms with van der Waals surface area (Å²) in [6, 6.07) is 0.0344. The number of rotatable bonds is 2. The van der Waals surface area contributed by atoms with Crippen LogP contribution in [-0.2, 0) is 10.3 Å². The molecule has 1 atom stereocenters. The Hall–Kier alpha value is -0.870. The molecular formula is C11H19N3O. The van der Waals surface area contributed by atoms with Crippen LogP contribution in [0.2, 0.25) is 0 Å². The summed E-state index contributed by atoms with van der Waals surface area (Å²) in [4.78, 5) is 4.21. The standard InChI is InChI=1S/C11H19N3O/c1-9(12)10-7-13-8-14(10)11(2)3-5-15-6-4-11/h7-9H,3-6,12H2,1-2H3. The molecular weight excluding hydrogens is 190 g/mol. The Kier molecular flexibility index (Phi) is 2.80. The van der Waals surface area contributed by atoms with Crippen LogP contribution in [-0.4, -0.2) is 22.8 Å². The molecule has 1 aromatic rings. The van der Waals surface area contributed by atoms with Crippen LogP contribution in [0.1, 0.15) is 38.4 Å². The Morgan fingerprint density at radius 1 is 1.53 bits per heavy atom.